The van der Waals surface area contributed by atoms with Gasteiger partial charge in [-0.3, -0.25) is 9.78 Å². The lowest BCUT2D eigenvalue weighted by Gasteiger charge is -2.20. The molecule has 1 aromatic heterocycles. The molecule has 1 aliphatic rings. The zero-order chi connectivity index (χ0) is 11.4. The van der Waals surface area contributed by atoms with E-state index in [4.69, 9.17) is 11.6 Å². The number of carbonyl (C=O) groups excluding carboxylic acids is 1. The smallest absolute Gasteiger partial charge is 0.164 e. The summed E-state index contributed by atoms with van der Waals surface area (Å²) in [4.78, 5) is 15.9. The second-order valence-electron chi connectivity index (χ2n) is 4.49. The zero-order valence-electron chi connectivity index (χ0n) is 9.29. The fraction of sp³-hybridized carbons (Fsp3) is 0.538. The van der Waals surface area contributed by atoms with Crippen LogP contribution in [0.25, 0.3) is 0 Å². The van der Waals surface area contributed by atoms with Gasteiger partial charge < -0.3 is 0 Å². The Kier molecular flexibility index (Phi) is 3.94. The summed E-state index contributed by atoms with van der Waals surface area (Å²) in [6.45, 7) is 0. The number of Topliss-reactive ketones (excluding diaryl/α,β-unsaturated/α-hetero) is 1. The lowest BCUT2D eigenvalue weighted by Crippen LogP contribution is -2.12. The molecular formula is C13H16ClNO. The predicted octanol–water partition coefficient (Wildman–Crippen LogP) is 3.89. The minimum atomic E-state index is 0.166. The van der Waals surface area contributed by atoms with E-state index in [9.17, 15) is 4.79 Å². The highest BCUT2D eigenvalue weighted by Gasteiger charge is 2.19. The van der Waals surface area contributed by atoms with Gasteiger partial charge in [0.2, 0.25) is 0 Å². The summed E-state index contributed by atoms with van der Waals surface area (Å²) in [5.41, 5.74) is 0.627. The first-order valence-electron chi connectivity index (χ1n) is 5.90. The van der Waals surface area contributed by atoms with Gasteiger partial charge in [-0.25, -0.2) is 0 Å². The first-order chi connectivity index (χ1) is 7.77. The molecule has 2 rings (SSSR count). The molecule has 0 N–H and O–H groups in total. The van der Waals surface area contributed by atoms with Crippen LogP contribution in [0.3, 0.4) is 0 Å². The second kappa shape index (κ2) is 5.44. The van der Waals surface area contributed by atoms with Crippen molar-refractivity contribution in [3.8, 4) is 0 Å². The minimum absolute atomic E-state index is 0.166. The highest BCUT2D eigenvalue weighted by molar-refractivity contribution is 6.33. The van der Waals surface area contributed by atoms with Crippen LogP contribution in [-0.4, -0.2) is 10.8 Å². The molecule has 0 saturated heterocycles. The zero-order valence-corrected chi connectivity index (χ0v) is 10.0. The number of rotatable bonds is 3. The van der Waals surface area contributed by atoms with E-state index < -0.39 is 0 Å². The molecule has 0 unspecified atom stereocenters. The molecule has 0 radical (unpaired) electrons. The number of ketones is 1. The van der Waals surface area contributed by atoms with Gasteiger partial charge in [0.15, 0.2) is 5.78 Å². The van der Waals surface area contributed by atoms with E-state index in [-0.39, 0.29) is 5.78 Å². The molecule has 0 aromatic carbocycles. The van der Waals surface area contributed by atoms with Gasteiger partial charge in [-0.05, 0) is 12.0 Å². The molecule has 2 nitrogen and oxygen atoms in total. The summed E-state index contributed by atoms with van der Waals surface area (Å²) >= 11 is 5.95. The first-order valence-corrected chi connectivity index (χ1v) is 6.28. The van der Waals surface area contributed by atoms with Crippen LogP contribution in [0, 0.1) is 5.92 Å². The topological polar surface area (TPSA) is 30.0 Å². The van der Waals surface area contributed by atoms with Gasteiger partial charge >= 0.3 is 0 Å². The van der Waals surface area contributed by atoms with Crippen molar-refractivity contribution < 1.29 is 4.79 Å². The van der Waals surface area contributed by atoms with Gasteiger partial charge in [-0.2, -0.15) is 0 Å². The average molecular weight is 238 g/mol. The van der Waals surface area contributed by atoms with Gasteiger partial charge in [0.1, 0.15) is 0 Å². The number of aromatic nitrogens is 1. The summed E-state index contributed by atoms with van der Waals surface area (Å²) in [5.74, 6) is 0.727. The molecule has 0 aliphatic heterocycles. The van der Waals surface area contributed by atoms with E-state index in [0.29, 0.717) is 22.9 Å². The Morgan fingerprint density at radius 2 is 2.12 bits per heavy atom. The molecule has 86 valence electrons. The maximum atomic E-state index is 12.0. The molecule has 1 fully saturated rings. The van der Waals surface area contributed by atoms with E-state index >= 15 is 0 Å². The summed E-state index contributed by atoms with van der Waals surface area (Å²) in [6, 6.07) is 1.72. The Balaban J connectivity index is 2.00. The Morgan fingerprint density at radius 3 is 2.81 bits per heavy atom. The van der Waals surface area contributed by atoms with Crippen molar-refractivity contribution in [3.63, 3.8) is 0 Å². The Morgan fingerprint density at radius 1 is 1.38 bits per heavy atom. The van der Waals surface area contributed by atoms with Crippen molar-refractivity contribution in [1.82, 2.24) is 4.98 Å². The van der Waals surface area contributed by atoms with E-state index in [1.54, 1.807) is 12.3 Å². The van der Waals surface area contributed by atoms with Crippen molar-refractivity contribution in [3.05, 3.63) is 29.0 Å². The number of pyridine rings is 1. The molecule has 16 heavy (non-hydrogen) atoms. The van der Waals surface area contributed by atoms with E-state index in [2.05, 4.69) is 4.98 Å². The van der Waals surface area contributed by atoms with Crippen molar-refractivity contribution in [2.45, 2.75) is 38.5 Å². The van der Waals surface area contributed by atoms with Crippen molar-refractivity contribution in [1.29, 1.82) is 0 Å². The number of hydrogen-bond acceptors (Lipinski definition) is 2. The molecule has 1 aliphatic carbocycles. The first kappa shape index (κ1) is 11.6. The summed E-state index contributed by atoms with van der Waals surface area (Å²) in [6.07, 6.45) is 10.0. The number of hydrogen-bond donors (Lipinski definition) is 0. The minimum Gasteiger partial charge on any atom is -0.294 e. The summed E-state index contributed by atoms with van der Waals surface area (Å²) < 4.78 is 0. The quantitative estimate of drug-likeness (QED) is 0.747. The fourth-order valence-corrected chi connectivity index (χ4v) is 2.59. The normalized spacial score (nSPS) is 17.3. The Labute approximate surface area is 101 Å². The van der Waals surface area contributed by atoms with Crippen LogP contribution >= 0.6 is 11.6 Å². The average Bonchev–Trinajstić information content (AvgIpc) is 2.31. The van der Waals surface area contributed by atoms with E-state index in [1.807, 2.05) is 0 Å². The molecular weight excluding hydrogens is 222 g/mol. The lowest BCUT2D eigenvalue weighted by atomic mass is 9.85. The van der Waals surface area contributed by atoms with Crippen LogP contribution in [0.2, 0.25) is 5.02 Å². The van der Waals surface area contributed by atoms with E-state index in [1.165, 1.54) is 38.3 Å². The third-order valence-electron chi connectivity index (χ3n) is 3.27. The molecule has 3 heteroatoms. The third kappa shape index (κ3) is 2.82. The number of halogens is 1. The van der Waals surface area contributed by atoms with Crippen molar-refractivity contribution in [2.24, 2.45) is 5.92 Å². The Bertz CT molecular complexity index is 372. The molecule has 1 aromatic rings. The summed E-state index contributed by atoms with van der Waals surface area (Å²) in [7, 11) is 0. The lowest BCUT2D eigenvalue weighted by molar-refractivity contribution is 0.0950. The van der Waals surface area contributed by atoms with Gasteiger partial charge in [0.05, 0.1) is 5.02 Å². The SMILES string of the molecule is O=C(CC1CCCCC1)c1ccncc1Cl. The number of nitrogens with zero attached hydrogens (tertiary/aromatic N) is 1. The van der Waals surface area contributed by atoms with Crippen LogP contribution in [0.1, 0.15) is 48.9 Å². The summed E-state index contributed by atoms with van der Waals surface area (Å²) in [5, 5.41) is 0.475. The largest absolute Gasteiger partial charge is 0.294 e. The van der Waals surface area contributed by atoms with Crippen LogP contribution < -0.4 is 0 Å². The fourth-order valence-electron chi connectivity index (χ4n) is 2.36. The maximum Gasteiger partial charge on any atom is 0.164 e. The molecule has 1 heterocycles. The van der Waals surface area contributed by atoms with E-state index in [0.717, 1.165) is 0 Å². The van der Waals surface area contributed by atoms with Gasteiger partial charge in [0.25, 0.3) is 0 Å². The molecule has 0 spiro atoms. The van der Waals surface area contributed by atoms with Crippen molar-refractivity contribution >= 4 is 17.4 Å². The third-order valence-corrected chi connectivity index (χ3v) is 3.57. The molecule has 0 amide bonds. The predicted molar refractivity (Wildman–Crippen MR) is 64.8 cm³/mol. The van der Waals surface area contributed by atoms with Gasteiger partial charge in [-0.15, -0.1) is 0 Å². The highest BCUT2D eigenvalue weighted by atomic mass is 35.5. The monoisotopic (exact) mass is 237 g/mol. The van der Waals surface area contributed by atoms with Gasteiger partial charge in [-0.1, -0.05) is 43.7 Å². The second-order valence-corrected chi connectivity index (χ2v) is 4.89. The molecule has 0 bridgehead atoms. The van der Waals surface area contributed by atoms with Crippen LogP contribution in [-0.2, 0) is 0 Å². The number of carbonyl (C=O) groups is 1. The maximum absolute atomic E-state index is 12.0. The Hall–Kier alpha value is -0.890. The van der Waals surface area contributed by atoms with Crippen LogP contribution in [0.4, 0.5) is 0 Å². The molecule has 0 atom stereocenters. The van der Waals surface area contributed by atoms with Crippen LogP contribution in [0.15, 0.2) is 18.5 Å². The standard InChI is InChI=1S/C13H16ClNO/c14-12-9-15-7-6-11(12)13(16)8-10-4-2-1-3-5-10/h6-7,9-10H,1-5,8H2. The van der Waals surface area contributed by atoms with Gasteiger partial charge in [0, 0.05) is 24.4 Å². The molecule has 1 saturated carbocycles. The van der Waals surface area contributed by atoms with Crippen LogP contribution in [0.5, 0.6) is 0 Å². The van der Waals surface area contributed by atoms with Crippen molar-refractivity contribution in [2.75, 3.05) is 0 Å². The highest BCUT2D eigenvalue weighted by Crippen LogP contribution is 2.28.